The molecule has 5 nitrogen and oxygen atoms in total. The van der Waals surface area contributed by atoms with E-state index in [0.29, 0.717) is 31.9 Å². The van der Waals surface area contributed by atoms with E-state index < -0.39 is 5.79 Å². The Bertz CT molecular complexity index is 587. The van der Waals surface area contributed by atoms with Crippen molar-refractivity contribution in [2.75, 3.05) is 31.6 Å². The molecule has 0 saturated carbocycles. The highest BCUT2D eigenvalue weighted by molar-refractivity contribution is 5.89. The molecule has 2 amide bonds. The summed E-state index contributed by atoms with van der Waals surface area (Å²) in [6.45, 7) is 6.01. The SMILES string of the molecule is Cc1cccc(NC(=O)N2CCC[C@H](C3(C)OCCO3)C2)c1F. The van der Waals surface area contributed by atoms with Gasteiger partial charge in [0.05, 0.1) is 18.9 Å². The first-order valence-corrected chi connectivity index (χ1v) is 8.08. The van der Waals surface area contributed by atoms with E-state index in [1.54, 1.807) is 30.0 Å². The van der Waals surface area contributed by atoms with Crippen molar-refractivity contribution in [1.82, 2.24) is 4.90 Å². The number of amides is 2. The van der Waals surface area contributed by atoms with E-state index in [0.717, 1.165) is 12.8 Å². The first kappa shape index (κ1) is 16.2. The Hall–Kier alpha value is -1.66. The number of urea groups is 1. The van der Waals surface area contributed by atoms with Gasteiger partial charge in [-0.15, -0.1) is 0 Å². The third-order valence-electron chi connectivity index (χ3n) is 4.74. The molecule has 0 bridgehead atoms. The molecule has 23 heavy (non-hydrogen) atoms. The zero-order valence-corrected chi connectivity index (χ0v) is 13.6. The van der Waals surface area contributed by atoms with Gasteiger partial charge in [-0.2, -0.15) is 0 Å². The molecule has 0 spiro atoms. The molecule has 2 saturated heterocycles. The van der Waals surface area contributed by atoms with E-state index in [9.17, 15) is 9.18 Å². The molecule has 0 aromatic heterocycles. The van der Waals surface area contributed by atoms with Gasteiger partial charge in [-0.25, -0.2) is 9.18 Å². The summed E-state index contributed by atoms with van der Waals surface area (Å²) in [6.07, 6.45) is 1.84. The Morgan fingerprint density at radius 1 is 1.39 bits per heavy atom. The first-order valence-electron chi connectivity index (χ1n) is 8.08. The molecule has 1 aromatic rings. The fourth-order valence-electron chi connectivity index (χ4n) is 3.29. The number of nitrogens with zero attached hydrogens (tertiary/aromatic N) is 1. The summed E-state index contributed by atoms with van der Waals surface area (Å²) in [6, 6.07) is 4.71. The molecule has 2 fully saturated rings. The molecule has 1 atom stereocenters. The van der Waals surface area contributed by atoms with E-state index in [2.05, 4.69) is 5.32 Å². The molecule has 2 heterocycles. The highest BCUT2D eigenvalue weighted by atomic mass is 19.1. The largest absolute Gasteiger partial charge is 0.347 e. The number of halogens is 1. The quantitative estimate of drug-likeness (QED) is 0.910. The van der Waals surface area contributed by atoms with Crippen molar-refractivity contribution in [3.63, 3.8) is 0 Å². The van der Waals surface area contributed by atoms with Crippen LogP contribution in [0.4, 0.5) is 14.9 Å². The fraction of sp³-hybridized carbons (Fsp3) is 0.588. The third kappa shape index (κ3) is 3.33. The van der Waals surface area contributed by atoms with Crippen LogP contribution in [0.1, 0.15) is 25.3 Å². The Balaban J connectivity index is 1.66. The van der Waals surface area contributed by atoms with E-state index >= 15 is 0 Å². The Labute approximate surface area is 135 Å². The number of rotatable bonds is 2. The molecule has 1 aromatic carbocycles. The second kappa shape index (κ2) is 6.45. The lowest BCUT2D eigenvalue weighted by atomic mass is 9.90. The van der Waals surface area contributed by atoms with E-state index in [1.807, 2.05) is 6.92 Å². The minimum Gasteiger partial charge on any atom is -0.347 e. The second-order valence-corrected chi connectivity index (χ2v) is 6.36. The predicted molar refractivity (Wildman–Crippen MR) is 84.8 cm³/mol. The number of hydrogen-bond donors (Lipinski definition) is 1. The smallest absolute Gasteiger partial charge is 0.321 e. The lowest BCUT2D eigenvalue weighted by Gasteiger charge is -2.39. The van der Waals surface area contributed by atoms with Crippen LogP contribution in [0, 0.1) is 18.7 Å². The number of anilines is 1. The molecular formula is C17H23FN2O3. The van der Waals surface area contributed by atoms with Gasteiger partial charge in [0.15, 0.2) is 5.79 Å². The maximum Gasteiger partial charge on any atom is 0.321 e. The van der Waals surface area contributed by atoms with Crippen LogP contribution in [-0.4, -0.2) is 43.0 Å². The average Bonchev–Trinajstić information content (AvgIpc) is 3.00. The molecule has 2 aliphatic heterocycles. The monoisotopic (exact) mass is 322 g/mol. The van der Waals surface area contributed by atoms with Gasteiger partial charge in [-0.3, -0.25) is 0 Å². The summed E-state index contributed by atoms with van der Waals surface area (Å²) in [4.78, 5) is 14.2. The Kier molecular flexibility index (Phi) is 4.55. The molecule has 0 aliphatic carbocycles. The summed E-state index contributed by atoms with van der Waals surface area (Å²) in [7, 11) is 0. The summed E-state index contributed by atoms with van der Waals surface area (Å²) >= 11 is 0. The first-order chi connectivity index (χ1) is 11.0. The molecule has 1 N–H and O–H groups in total. The number of likely N-dealkylation sites (tertiary alicyclic amines) is 1. The molecule has 3 rings (SSSR count). The van der Waals surface area contributed by atoms with Gasteiger partial charge in [0, 0.05) is 19.0 Å². The van der Waals surface area contributed by atoms with Crippen molar-refractivity contribution in [3.8, 4) is 0 Å². The van der Waals surface area contributed by atoms with Gasteiger partial charge in [-0.05, 0) is 38.3 Å². The second-order valence-electron chi connectivity index (χ2n) is 6.36. The van der Waals surface area contributed by atoms with Crippen LogP contribution < -0.4 is 5.32 Å². The minimum absolute atomic E-state index is 0.131. The van der Waals surface area contributed by atoms with Crippen molar-refractivity contribution >= 4 is 11.7 Å². The Morgan fingerprint density at radius 3 is 2.87 bits per heavy atom. The summed E-state index contributed by atoms with van der Waals surface area (Å²) in [5.41, 5.74) is 0.733. The highest BCUT2D eigenvalue weighted by Gasteiger charge is 2.42. The van der Waals surface area contributed by atoms with Crippen LogP contribution in [0.2, 0.25) is 0 Å². The Morgan fingerprint density at radius 2 is 2.13 bits per heavy atom. The van der Waals surface area contributed by atoms with Crippen LogP contribution in [0.25, 0.3) is 0 Å². The molecule has 2 aliphatic rings. The van der Waals surface area contributed by atoms with Crippen molar-refractivity contribution in [3.05, 3.63) is 29.6 Å². The molecular weight excluding hydrogens is 299 g/mol. The zero-order chi connectivity index (χ0) is 16.4. The number of carbonyl (C=O) groups excluding carboxylic acids is 1. The van der Waals surface area contributed by atoms with Crippen LogP contribution in [0.5, 0.6) is 0 Å². The lowest BCUT2D eigenvalue weighted by molar-refractivity contribution is -0.189. The summed E-state index contributed by atoms with van der Waals surface area (Å²) < 4.78 is 25.5. The predicted octanol–water partition coefficient (Wildman–Crippen LogP) is 3.14. The molecule has 126 valence electrons. The van der Waals surface area contributed by atoms with E-state index in [-0.39, 0.29) is 23.5 Å². The third-order valence-corrected chi connectivity index (χ3v) is 4.74. The maximum atomic E-state index is 14.0. The number of piperidine rings is 1. The van der Waals surface area contributed by atoms with Gasteiger partial charge >= 0.3 is 6.03 Å². The van der Waals surface area contributed by atoms with Crippen LogP contribution >= 0.6 is 0 Å². The normalized spacial score (nSPS) is 23.8. The fourth-order valence-corrected chi connectivity index (χ4v) is 3.29. The number of hydrogen-bond acceptors (Lipinski definition) is 3. The van der Waals surface area contributed by atoms with Crippen LogP contribution in [-0.2, 0) is 9.47 Å². The number of benzene rings is 1. The average molecular weight is 322 g/mol. The van der Waals surface area contributed by atoms with Crippen molar-refractivity contribution in [2.45, 2.75) is 32.5 Å². The van der Waals surface area contributed by atoms with Crippen molar-refractivity contribution in [1.29, 1.82) is 0 Å². The topological polar surface area (TPSA) is 50.8 Å². The van der Waals surface area contributed by atoms with Gasteiger partial charge in [0.25, 0.3) is 0 Å². The standard InChI is InChI=1S/C17H23FN2O3/c1-12-5-3-7-14(15(12)18)19-16(21)20-8-4-6-13(11-20)17(2)22-9-10-23-17/h3,5,7,13H,4,6,8-11H2,1-2H3,(H,19,21)/t13-/m0/s1. The maximum absolute atomic E-state index is 14.0. The van der Waals surface area contributed by atoms with Crippen LogP contribution in [0.15, 0.2) is 18.2 Å². The van der Waals surface area contributed by atoms with Gasteiger partial charge in [0.2, 0.25) is 0 Å². The van der Waals surface area contributed by atoms with Crippen molar-refractivity contribution in [2.24, 2.45) is 5.92 Å². The number of ether oxygens (including phenoxy) is 2. The molecule has 0 radical (unpaired) electrons. The highest BCUT2D eigenvalue weighted by Crippen LogP contribution is 2.34. The van der Waals surface area contributed by atoms with Crippen LogP contribution in [0.3, 0.4) is 0 Å². The number of carbonyl (C=O) groups is 1. The summed E-state index contributed by atoms with van der Waals surface area (Å²) in [5, 5.41) is 2.67. The number of aryl methyl sites for hydroxylation is 1. The molecule has 0 unspecified atom stereocenters. The van der Waals surface area contributed by atoms with Gasteiger partial charge < -0.3 is 19.7 Å². The summed E-state index contributed by atoms with van der Waals surface area (Å²) in [5.74, 6) is -0.872. The van der Waals surface area contributed by atoms with Gasteiger partial charge in [-0.1, -0.05) is 12.1 Å². The zero-order valence-electron chi connectivity index (χ0n) is 13.6. The van der Waals surface area contributed by atoms with Gasteiger partial charge in [0.1, 0.15) is 5.82 Å². The molecule has 6 heteroatoms. The lowest BCUT2D eigenvalue weighted by Crippen LogP contribution is -2.49. The minimum atomic E-state index is -0.618. The van der Waals surface area contributed by atoms with Crippen molar-refractivity contribution < 1.29 is 18.7 Å². The number of nitrogens with one attached hydrogen (secondary N) is 1. The van der Waals surface area contributed by atoms with E-state index in [4.69, 9.17) is 9.47 Å². The van der Waals surface area contributed by atoms with E-state index in [1.165, 1.54) is 0 Å².